The van der Waals surface area contributed by atoms with E-state index in [1.807, 2.05) is 12.1 Å². The maximum atomic E-state index is 11.7. The van der Waals surface area contributed by atoms with Gasteiger partial charge in [0.25, 0.3) is 5.91 Å². The maximum Gasteiger partial charge on any atom is 0.271 e. The van der Waals surface area contributed by atoms with Crippen molar-refractivity contribution in [2.75, 3.05) is 0 Å². The van der Waals surface area contributed by atoms with E-state index in [1.54, 1.807) is 12.1 Å². The van der Waals surface area contributed by atoms with E-state index in [2.05, 4.69) is 10.5 Å². The number of hydrazone groups is 1. The average molecular weight is 275 g/mol. The molecule has 1 amide bonds. The molecule has 19 heavy (non-hydrogen) atoms. The van der Waals surface area contributed by atoms with Crippen molar-refractivity contribution in [3.63, 3.8) is 0 Å². The molecule has 5 heteroatoms. The molecule has 2 aromatic rings. The second kappa shape index (κ2) is 6.02. The topological polar surface area (TPSA) is 61.7 Å². The van der Waals surface area contributed by atoms with Crippen molar-refractivity contribution in [3.8, 4) is 5.75 Å². The Kier molecular flexibility index (Phi) is 4.15. The summed E-state index contributed by atoms with van der Waals surface area (Å²) in [5.41, 5.74) is 3.51. The van der Waals surface area contributed by atoms with Crippen LogP contribution >= 0.6 is 11.6 Å². The fourth-order valence-corrected chi connectivity index (χ4v) is 1.60. The molecular formula is C14H11ClN2O2. The van der Waals surface area contributed by atoms with Crippen LogP contribution in [-0.4, -0.2) is 17.2 Å². The fraction of sp³-hybridized carbons (Fsp3) is 0. The number of phenols is 1. The molecule has 0 aliphatic rings. The van der Waals surface area contributed by atoms with Crippen LogP contribution in [0.5, 0.6) is 5.75 Å². The standard InChI is InChI=1S/C14H11ClN2O2/c15-13-4-2-1-3-11(13)9-16-17-14(19)10-5-7-12(18)8-6-10/h1-9,18H,(H,17,19)/b16-9+. The van der Waals surface area contributed by atoms with Crippen LogP contribution in [0.3, 0.4) is 0 Å². The molecule has 0 saturated heterocycles. The number of halogens is 1. The third-order valence-corrected chi connectivity index (χ3v) is 2.75. The minimum Gasteiger partial charge on any atom is -0.508 e. The van der Waals surface area contributed by atoms with Crippen LogP contribution in [0.2, 0.25) is 5.02 Å². The number of rotatable bonds is 3. The highest BCUT2D eigenvalue weighted by Crippen LogP contribution is 2.12. The summed E-state index contributed by atoms with van der Waals surface area (Å²) in [6, 6.07) is 13.1. The molecule has 0 unspecified atom stereocenters. The van der Waals surface area contributed by atoms with Gasteiger partial charge in [-0.25, -0.2) is 5.43 Å². The van der Waals surface area contributed by atoms with Crippen molar-refractivity contribution in [1.29, 1.82) is 0 Å². The predicted octanol–water partition coefficient (Wildman–Crippen LogP) is 2.81. The van der Waals surface area contributed by atoms with Gasteiger partial charge in [0, 0.05) is 16.1 Å². The molecule has 2 N–H and O–H groups in total. The van der Waals surface area contributed by atoms with Gasteiger partial charge in [-0.05, 0) is 30.3 Å². The monoisotopic (exact) mass is 274 g/mol. The molecule has 0 aromatic heterocycles. The third-order valence-electron chi connectivity index (χ3n) is 2.40. The van der Waals surface area contributed by atoms with Gasteiger partial charge in [0.2, 0.25) is 0 Å². The van der Waals surface area contributed by atoms with Crippen molar-refractivity contribution in [3.05, 3.63) is 64.7 Å². The highest BCUT2D eigenvalue weighted by atomic mass is 35.5. The number of benzene rings is 2. The number of carbonyl (C=O) groups excluding carboxylic acids is 1. The largest absolute Gasteiger partial charge is 0.508 e. The molecule has 0 saturated carbocycles. The SMILES string of the molecule is O=C(N/N=C/c1ccccc1Cl)c1ccc(O)cc1. The molecule has 0 spiro atoms. The summed E-state index contributed by atoms with van der Waals surface area (Å²) in [7, 11) is 0. The lowest BCUT2D eigenvalue weighted by atomic mass is 10.2. The van der Waals surface area contributed by atoms with Crippen LogP contribution in [0.1, 0.15) is 15.9 Å². The molecular weight excluding hydrogens is 264 g/mol. The van der Waals surface area contributed by atoms with Crippen molar-refractivity contribution >= 4 is 23.7 Å². The number of carbonyl (C=O) groups is 1. The number of nitrogens with zero attached hydrogens (tertiary/aromatic N) is 1. The Balaban J connectivity index is 2.01. The van der Waals surface area contributed by atoms with Crippen LogP contribution in [0, 0.1) is 0 Å². The number of amides is 1. The second-order valence-corrected chi connectivity index (χ2v) is 4.17. The van der Waals surface area contributed by atoms with E-state index in [-0.39, 0.29) is 11.7 Å². The van der Waals surface area contributed by atoms with Gasteiger partial charge in [0.1, 0.15) is 5.75 Å². The Morgan fingerprint density at radius 1 is 1.16 bits per heavy atom. The number of hydrogen-bond acceptors (Lipinski definition) is 3. The number of phenolic OH excluding ortho intramolecular Hbond substituents is 1. The summed E-state index contributed by atoms with van der Waals surface area (Å²) < 4.78 is 0. The van der Waals surface area contributed by atoms with Gasteiger partial charge in [0.05, 0.1) is 6.21 Å². The molecule has 0 heterocycles. The molecule has 4 nitrogen and oxygen atoms in total. The Hall–Kier alpha value is -2.33. The van der Waals surface area contributed by atoms with E-state index in [9.17, 15) is 4.79 Å². The maximum absolute atomic E-state index is 11.7. The van der Waals surface area contributed by atoms with Crippen LogP contribution in [0.15, 0.2) is 53.6 Å². The van der Waals surface area contributed by atoms with E-state index in [0.717, 1.165) is 5.56 Å². The van der Waals surface area contributed by atoms with Crippen LogP contribution in [0.4, 0.5) is 0 Å². The molecule has 96 valence electrons. The van der Waals surface area contributed by atoms with Crippen molar-refractivity contribution in [1.82, 2.24) is 5.43 Å². The molecule has 0 fully saturated rings. The fourth-order valence-electron chi connectivity index (χ4n) is 1.42. The third kappa shape index (κ3) is 3.56. The molecule has 2 aromatic carbocycles. The van der Waals surface area contributed by atoms with E-state index >= 15 is 0 Å². The predicted molar refractivity (Wildman–Crippen MR) is 74.6 cm³/mol. The summed E-state index contributed by atoms with van der Waals surface area (Å²) in [5, 5.41) is 13.5. The summed E-state index contributed by atoms with van der Waals surface area (Å²) in [6.45, 7) is 0. The molecule has 0 atom stereocenters. The van der Waals surface area contributed by atoms with Gasteiger partial charge >= 0.3 is 0 Å². The Morgan fingerprint density at radius 2 is 1.84 bits per heavy atom. The molecule has 0 aliphatic carbocycles. The lowest BCUT2D eigenvalue weighted by molar-refractivity contribution is 0.0955. The zero-order chi connectivity index (χ0) is 13.7. The first-order valence-corrected chi connectivity index (χ1v) is 5.91. The number of nitrogens with one attached hydrogen (secondary N) is 1. The van der Waals surface area contributed by atoms with Gasteiger partial charge in [-0.3, -0.25) is 4.79 Å². The quantitative estimate of drug-likeness (QED) is 0.668. The molecule has 0 bridgehead atoms. The van der Waals surface area contributed by atoms with Crippen LogP contribution in [-0.2, 0) is 0 Å². The number of hydrogen-bond donors (Lipinski definition) is 2. The smallest absolute Gasteiger partial charge is 0.271 e. The first-order valence-electron chi connectivity index (χ1n) is 5.54. The van der Waals surface area contributed by atoms with Crippen LogP contribution in [0.25, 0.3) is 0 Å². The van der Waals surface area contributed by atoms with Crippen LogP contribution < -0.4 is 5.43 Å². The van der Waals surface area contributed by atoms with E-state index in [4.69, 9.17) is 16.7 Å². The lowest BCUT2D eigenvalue weighted by Crippen LogP contribution is -2.17. The Morgan fingerprint density at radius 3 is 2.53 bits per heavy atom. The van der Waals surface area contributed by atoms with Crippen molar-refractivity contribution < 1.29 is 9.90 Å². The molecule has 0 aliphatic heterocycles. The van der Waals surface area contributed by atoms with Gasteiger partial charge in [-0.1, -0.05) is 29.8 Å². The lowest BCUT2D eigenvalue weighted by Gasteiger charge is -2.00. The number of aromatic hydroxyl groups is 1. The van der Waals surface area contributed by atoms with E-state index < -0.39 is 0 Å². The summed E-state index contributed by atoms with van der Waals surface area (Å²) in [4.78, 5) is 11.7. The van der Waals surface area contributed by atoms with Gasteiger partial charge < -0.3 is 5.11 Å². The van der Waals surface area contributed by atoms with E-state index in [1.165, 1.54) is 30.5 Å². The zero-order valence-corrected chi connectivity index (χ0v) is 10.6. The van der Waals surface area contributed by atoms with Gasteiger partial charge in [-0.15, -0.1) is 0 Å². The minimum atomic E-state index is -0.358. The highest BCUT2D eigenvalue weighted by molar-refractivity contribution is 6.33. The van der Waals surface area contributed by atoms with Crippen molar-refractivity contribution in [2.45, 2.75) is 0 Å². The molecule has 2 rings (SSSR count). The Labute approximate surface area is 115 Å². The van der Waals surface area contributed by atoms with Gasteiger partial charge in [-0.2, -0.15) is 5.10 Å². The normalized spacial score (nSPS) is 10.6. The summed E-state index contributed by atoms with van der Waals surface area (Å²) in [6.07, 6.45) is 1.47. The summed E-state index contributed by atoms with van der Waals surface area (Å²) >= 11 is 5.94. The second-order valence-electron chi connectivity index (χ2n) is 3.77. The first-order chi connectivity index (χ1) is 9.16. The minimum absolute atomic E-state index is 0.108. The average Bonchev–Trinajstić information content (AvgIpc) is 2.41. The molecule has 0 radical (unpaired) electrons. The first kappa shape index (κ1) is 13.1. The van der Waals surface area contributed by atoms with E-state index in [0.29, 0.717) is 10.6 Å². The van der Waals surface area contributed by atoms with Gasteiger partial charge in [0.15, 0.2) is 0 Å². The summed E-state index contributed by atoms with van der Waals surface area (Å²) in [5.74, 6) is -0.251. The van der Waals surface area contributed by atoms with Crippen molar-refractivity contribution in [2.24, 2.45) is 5.10 Å². The Bertz CT molecular complexity index is 609. The zero-order valence-electron chi connectivity index (χ0n) is 9.88. The highest BCUT2D eigenvalue weighted by Gasteiger charge is 2.03.